The topological polar surface area (TPSA) is 94.2 Å². The maximum absolute atomic E-state index is 13.1. The fraction of sp³-hybridized carbons (Fsp3) is 0.632. The van der Waals surface area contributed by atoms with Crippen LogP contribution in [0.1, 0.15) is 27.7 Å². The standard InChI is InChI=1S/C19H28N2O6S/c1-12(2)18(19(22)21-10-13(3)27-14(4)11-21)20-28(23,24)15-5-6-16-17(9-15)26-8-7-25-16/h5-6,9,12-14,18,20H,7-8,10-11H2,1-4H3/t13-,14-,18+/m1/s1. The van der Waals surface area contributed by atoms with Crippen LogP contribution in [0.2, 0.25) is 0 Å². The molecule has 1 aromatic carbocycles. The van der Waals surface area contributed by atoms with Crippen LogP contribution >= 0.6 is 0 Å². The minimum Gasteiger partial charge on any atom is -0.486 e. The molecule has 0 unspecified atom stereocenters. The zero-order chi connectivity index (χ0) is 20.5. The Bertz CT molecular complexity index is 816. The molecule has 2 heterocycles. The Morgan fingerprint density at radius 1 is 1.11 bits per heavy atom. The van der Waals surface area contributed by atoms with Gasteiger partial charge in [-0.3, -0.25) is 4.79 Å². The molecule has 28 heavy (non-hydrogen) atoms. The molecule has 0 bridgehead atoms. The predicted molar refractivity (Wildman–Crippen MR) is 103 cm³/mol. The van der Waals surface area contributed by atoms with Crippen LogP contribution < -0.4 is 14.2 Å². The largest absolute Gasteiger partial charge is 0.486 e. The molecule has 1 saturated heterocycles. The van der Waals surface area contributed by atoms with Crippen LogP contribution in [0.4, 0.5) is 0 Å². The highest BCUT2D eigenvalue weighted by Crippen LogP contribution is 2.32. The van der Waals surface area contributed by atoms with E-state index in [1.165, 1.54) is 12.1 Å². The van der Waals surface area contributed by atoms with E-state index in [2.05, 4.69) is 4.72 Å². The first-order valence-corrected chi connectivity index (χ1v) is 11.0. The van der Waals surface area contributed by atoms with Crippen LogP contribution in [0.25, 0.3) is 0 Å². The molecular weight excluding hydrogens is 384 g/mol. The zero-order valence-electron chi connectivity index (χ0n) is 16.7. The molecule has 0 saturated carbocycles. The van der Waals surface area contributed by atoms with Crippen molar-refractivity contribution >= 4 is 15.9 Å². The first kappa shape index (κ1) is 20.9. The molecular formula is C19H28N2O6S. The monoisotopic (exact) mass is 412 g/mol. The Balaban J connectivity index is 1.80. The van der Waals surface area contributed by atoms with Gasteiger partial charge in [0.2, 0.25) is 15.9 Å². The van der Waals surface area contributed by atoms with Gasteiger partial charge in [0.15, 0.2) is 11.5 Å². The molecule has 0 spiro atoms. The number of nitrogens with zero attached hydrogens (tertiary/aromatic N) is 1. The van der Waals surface area contributed by atoms with Crippen molar-refractivity contribution < 1.29 is 27.4 Å². The molecule has 3 rings (SSSR count). The number of ether oxygens (including phenoxy) is 3. The Morgan fingerprint density at radius 2 is 1.71 bits per heavy atom. The van der Waals surface area contributed by atoms with E-state index in [0.29, 0.717) is 37.8 Å². The van der Waals surface area contributed by atoms with Crippen molar-refractivity contribution in [2.75, 3.05) is 26.3 Å². The van der Waals surface area contributed by atoms with Crippen LogP contribution in [0, 0.1) is 5.92 Å². The fourth-order valence-electron chi connectivity index (χ4n) is 3.45. The number of hydrogen-bond donors (Lipinski definition) is 1. The summed E-state index contributed by atoms with van der Waals surface area (Å²) in [7, 11) is -3.91. The summed E-state index contributed by atoms with van der Waals surface area (Å²) in [6.07, 6.45) is -0.176. The first-order chi connectivity index (χ1) is 13.2. The van der Waals surface area contributed by atoms with Crippen molar-refractivity contribution in [3.63, 3.8) is 0 Å². The molecule has 2 aliphatic rings. The quantitative estimate of drug-likeness (QED) is 0.786. The predicted octanol–water partition coefficient (Wildman–Crippen LogP) is 1.40. The molecule has 0 radical (unpaired) electrons. The van der Waals surface area contributed by atoms with E-state index in [0.717, 1.165) is 0 Å². The highest BCUT2D eigenvalue weighted by Gasteiger charge is 2.35. The van der Waals surface area contributed by atoms with Crippen molar-refractivity contribution in [3.05, 3.63) is 18.2 Å². The fourth-order valence-corrected chi connectivity index (χ4v) is 4.80. The van der Waals surface area contributed by atoms with Crippen LogP contribution in [0.15, 0.2) is 23.1 Å². The highest BCUT2D eigenvalue weighted by atomic mass is 32.2. The molecule has 1 N–H and O–H groups in total. The highest BCUT2D eigenvalue weighted by molar-refractivity contribution is 7.89. The van der Waals surface area contributed by atoms with E-state index in [1.54, 1.807) is 11.0 Å². The van der Waals surface area contributed by atoms with Gasteiger partial charge in [0.25, 0.3) is 0 Å². The van der Waals surface area contributed by atoms with Gasteiger partial charge in [-0.1, -0.05) is 13.8 Å². The van der Waals surface area contributed by atoms with Gasteiger partial charge < -0.3 is 19.1 Å². The van der Waals surface area contributed by atoms with Crippen LogP contribution in [-0.4, -0.2) is 63.8 Å². The lowest BCUT2D eigenvalue weighted by Crippen LogP contribution is -2.56. The molecule has 3 atom stereocenters. The maximum Gasteiger partial charge on any atom is 0.241 e. The summed E-state index contributed by atoms with van der Waals surface area (Å²) in [6.45, 7) is 9.13. The number of carbonyl (C=O) groups is 1. The summed E-state index contributed by atoms with van der Waals surface area (Å²) in [6, 6.07) is 3.59. The molecule has 156 valence electrons. The average molecular weight is 413 g/mol. The van der Waals surface area contributed by atoms with Crippen LogP contribution in [0.3, 0.4) is 0 Å². The Morgan fingerprint density at radius 3 is 2.32 bits per heavy atom. The van der Waals surface area contributed by atoms with Crippen LogP contribution in [-0.2, 0) is 19.6 Å². The molecule has 2 aliphatic heterocycles. The second kappa shape index (κ2) is 8.26. The summed E-state index contributed by atoms with van der Waals surface area (Å²) >= 11 is 0. The number of sulfonamides is 1. The van der Waals surface area contributed by atoms with Crippen molar-refractivity contribution in [2.45, 2.75) is 50.8 Å². The third-order valence-corrected chi connectivity index (χ3v) is 6.21. The molecule has 0 aliphatic carbocycles. The van der Waals surface area contributed by atoms with Gasteiger partial charge in [-0.05, 0) is 31.9 Å². The van der Waals surface area contributed by atoms with Gasteiger partial charge in [-0.2, -0.15) is 4.72 Å². The number of fused-ring (bicyclic) bond motifs is 1. The molecule has 0 aromatic heterocycles. The lowest BCUT2D eigenvalue weighted by atomic mass is 10.0. The van der Waals surface area contributed by atoms with Gasteiger partial charge in [-0.15, -0.1) is 0 Å². The summed E-state index contributed by atoms with van der Waals surface area (Å²) < 4.78 is 45.1. The van der Waals surface area contributed by atoms with Gasteiger partial charge >= 0.3 is 0 Å². The van der Waals surface area contributed by atoms with Crippen LogP contribution in [0.5, 0.6) is 11.5 Å². The van der Waals surface area contributed by atoms with Crippen molar-refractivity contribution in [1.82, 2.24) is 9.62 Å². The molecule has 8 nitrogen and oxygen atoms in total. The normalized spacial score (nSPS) is 23.5. The minimum atomic E-state index is -3.91. The Labute approximate surface area is 166 Å². The Hall–Kier alpha value is -1.84. The number of benzene rings is 1. The van der Waals surface area contributed by atoms with E-state index < -0.39 is 16.1 Å². The second-order valence-corrected chi connectivity index (χ2v) is 9.36. The second-order valence-electron chi connectivity index (χ2n) is 7.65. The van der Waals surface area contributed by atoms with E-state index in [-0.39, 0.29) is 28.9 Å². The van der Waals surface area contributed by atoms with Crippen molar-refractivity contribution in [1.29, 1.82) is 0 Å². The summed E-state index contributed by atoms with van der Waals surface area (Å²) in [4.78, 5) is 14.8. The number of nitrogens with one attached hydrogen (secondary N) is 1. The van der Waals surface area contributed by atoms with Crippen molar-refractivity contribution in [2.24, 2.45) is 5.92 Å². The molecule has 1 aromatic rings. The number of morpholine rings is 1. The van der Waals surface area contributed by atoms with E-state index in [1.807, 2.05) is 27.7 Å². The number of rotatable bonds is 5. The van der Waals surface area contributed by atoms with E-state index in [4.69, 9.17) is 14.2 Å². The Kier molecular flexibility index (Phi) is 6.16. The van der Waals surface area contributed by atoms with Gasteiger partial charge in [0.05, 0.1) is 17.1 Å². The third-order valence-electron chi connectivity index (χ3n) is 4.77. The van der Waals surface area contributed by atoms with E-state index >= 15 is 0 Å². The number of hydrogen-bond acceptors (Lipinski definition) is 6. The first-order valence-electron chi connectivity index (χ1n) is 9.53. The molecule has 1 fully saturated rings. The molecule has 1 amide bonds. The lowest BCUT2D eigenvalue weighted by Gasteiger charge is -2.38. The lowest BCUT2D eigenvalue weighted by molar-refractivity contribution is -0.145. The molecule has 9 heteroatoms. The van der Waals surface area contributed by atoms with E-state index in [9.17, 15) is 13.2 Å². The number of amides is 1. The average Bonchev–Trinajstić information content (AvgIpc) is 2.64. The number of carbonyl (C=O) groups excluding carboxylic acids is 1. The van der Waals surface area contributed by atoms with Gasteiger partial charge in [0, 0.05) is 19.2 Å². The third kappa shape index (κ3) is 4.59. The smallest absolute Gasteiger partial charge is 0.241 e. The minimum absolute atomic E-state index is 0.0407. The summed E-state index contributed by atoms with van der Waals surface area (Å²) in [5.74, 6) is 0.446. The maximum atomic E-state index is 13.1. The summed E-state index contributed by atoms with van der Waals surface area (Å²) in [5.41, 5.74) is 0. The van der Waals surface area contributed by atoms with Gasteiger partial charge in [-0.25, -0.2) is 8.42 Å². The van der Waals surface area contributed by atoms with Crippen molar-refractivity contribution in [3.8, 4) is 11.5 Å². The SMILES string of the molecule is CC(C)[C@H](NS(=O)(=O)c1ccc2c(c1)OCCO2)C(=O)N1C[C@@H](C)O[C@H](C)C1. The zero-order valence-corrected chi connectivity index (χ0v) is 17.5. The summed E-state index contributed by atoms with van der Waals surface area (Å²) in [5, 5.41) is 0. The van der Waals surface area contributed by atoms with Gasteiger partial charge in [0.1, 0.15) is 19.3 Å².